The van der Waals surface area contributed by atoms with Gasteiger partial charge in [-0.15, -0.1) is 5.17 Å². The van der Waals surface area contributed by atoms with Crippen LogP contribution in [0.1, 0.15) is 0 Å². The Hall–Kier alpha value is -2.08. The minimum absolute atomic E-state index is 0.395. The lowest BCUT2D eigenvalue weighted by atomic mass is 10.3. The first kappa shape index (κ1) is 8.52. The molecular weight excluding hydrogens is 186 g/mol. The predicted octanol–water partition coefficient (Wildman–Crippen LogP) is 0.427. The van der Waals surface area contributed by atoms with Crippen LogP contribution < -0.4 is 5.01 Å². The van der Waals surface area contributed by atoms with Gasteiger partial charge in [0.25, 0.3) is 5.84 Å². The van der Waals surface area contributed by atoms with E-state index in [9.17, 15) is 10.0 Å². The number of oxime groups is 1. The van der Waals surface area contributed by atoms with Gasteiger partial charge < -0.3 is 5.21 Å². The summed E-state index contributed by atoms with van der Waals surface area (Å²) in [5.41, 5.74) is 0.507. The predicted molar refractivity (Wildman–Crippen MR) is 46.8 cm³/mol. The van der Waals surface area contributed by atoms with Gasteiger partial charge in [0, 0.05) is 0 Å². The molecule has 14 heavy (non-hydrogen) atoms. The number of hydrazine groups is 1. The first-order valence-electron chi connectivity index (χ1n) is 3.86. The molecule has 1 fully saturated rings. The summed E-state index contributed by atoms with van der Waals surface area (Å²) in [4.78, 5) is 11.2. The molecule has 1 heterocycles. The summed E-state index contributed by atoms with van der Waals surface area (Å²) in [6.45, 7) is 0. The molecule has 1 aliphatic rings. The van der Waals surface area contributed by atoms with Crippen molar-refractivity contribution in [3.63, 3.8) is 0 Å². The molecule has 0 radical (unpaired) electrons. The Labute approximate surface area is 79.2 Å². The topological polar surface area (TPSA) is 76.4 Å². The van der Waals surface area contributed by atoms with Crippen molar-refractivity contribution in [3.05, 3.63) is 30.3 Å². The van der Waals surface area contributed by atoms with Gasteiger partial charge >= 0.3 is 5.91 Å². The van der Waals surface area contributed by atoms with E-state index in [4.69, 9.17) is 5.21 Å². The summed E-state index contributed by atoms with van der Waals surface area (Å²) >= 11 is 0. The zero-order valence-corrected chi connectivity index (χ0v) is 7.03. The first-order chi connectivity index (χ1) is 6.75. The summed E-state index contributed by atoms with van der Waals surface area (Å²) in [7, 11) is 0. The standard InChI is InChI=1S/C8H7N3O3/c12-8-7(9-13)11(14)10(8)6-4-2-1-3-5-6/h1-5,13-14H. The van der Waals surface area contributed by atoms with Gasteiger partial charge in [0.1, 0.15) is 0 Å². The third-order valence-corrected chi connectivity index (χ3v) is 1.86. The van der Waals surface area contributed by atoms with Gasteiger partial charge in [-0.3, -0.25) is 10.0 Å². The second-order valence-corrected chi connectivity index (χ2v) is 2.67. The van der Waals surface area contributed by atoms with Crippen molar-refractivity contribution in [2.75, 3.05) is 5.01 Å². The minimum Gasteiger partial charge on any atom is -0.409 e. The van der Waals surface area contributed by atoms with Crippen LogP contribution >= 0.6 is 0 Å². The molecule has 0 saturated carbocycles. The van der Waals surface area contributed by atoms with Crippen LogP contribution in [-0.2, 0) is 4.79 Å². The number of carbonyl (C=O) groups excluding carboxylic acids is 1. The highest BCUT2D eigenvalue weighted by Crippen LogP contribution is 2.22. The lowest BCUT2D eigenvalue weighted by molar-refractivity contribution is -0.137. The fourth-order valence-corrected chi connectivity index (χ4v) is 1.19. The average Bonchev–Trinajstić information content (AvgIpc) is 2.20. The second kappa shape index (κ2) is 3.00. The van der Waals surface area contributed by atoms with Crippen LogP contribution in [0.3, 0.4) is 0 Å². The van der Waals surface area contributed by atoms with Gasteiger partial charge in [-0.2, -0.15) is 5.01 Å². The molecule has 2 N–H and O–H groups in total. The summed E-state index contributed by atoms with van der Waals surface area (Å²) in [6, 6.07) is 8.54. The zero-order chi connectivity index (χ0) is 10.1. The molecule has 0 aliphatic carbocycles. The van der Waals surface area contributed by atoms with Crippen LogP contribution in [0.4, 0.5) is 5.69 Å². The molecule has 0 unspecified atom stereocenters. The monoisotopic (exact) mass is 193 g/mol. The highest BCUT2D eigenvalue weighted by atomic mass is 16.6. The van der Waals surface area contributed by atoms with Crippen LogP contribution in [0, 0.1) is 0 Å². The van der Waals surface area contributed by atoms with Gasteiger partial charge in [-0.25, -0.2) is 0 Å². The molecule has 6 heteroatoms. The summed E-state index contributed by atoms with van der Waals surface area (Å²) in [5.74, 6) is -0.949. The number of amidine groups is 1. The number of nitrogens with zero attached hydrogens (tertiary/aromatic N) is 3. The van der Waals surface area contributed by atoms with Gasteiger partial charge in [0.15, 0.2) is 0 Å². The Kier molecular flexibility index (Phi) is 1.83. The molecule has 0 atom stereocenters. The Bertz CT molecular complexity index is 390. The molecule has 6 nitrogen and oxygen atoms in total. The van der Waals surface area contributed by atoms with Crippen LogP contribution in [0.25, 0.3) is 0 Å². The van der Waals surface area contributed by atoms with E-state index >= 15 is 0 Å². The van der Waals surface area contributed by atoms with Crippen LogP contribution in [0.5, 0.6) is 0 Å². The van der Waals surface area contributed by atoms with Crippen molar-refractivity contribution in [1.29, 1.82) is 0 Å². The van der Waals surface area contributed by atoms with Crippen molar-refractivity contribution >= 4 is 17.4 Å². The maximum atomic E-state index is 11.2. The molecule has 1 aliphatic heterocycles. The molecule has 1 aromatic carbocycles. The van der Waals surface area contributed by atoms with Crippen LogP contribution in [-0.4, -0.2) is 27.3 Å². The SMILES string of the molecule is O=C1C(=NO)N(O)N1c1ccccc1. The Morgan fingerprint density at radius 1 is 1.21 bits per heavy atom. The Morgan fingerprint density at radius 2 is 1.86 bits per heavy atom. The Morgan fingerprint density at radius 3 is 2.36 bits per heavy atom. The zero-order valence-electron chi connectivity index (χ0n) is 7.03. The Balaban J connectivity index is 2.28. The molecule has 1 saturated heterocycles. The van der Waals surface area contributed by atoms with Gasteiger partial charge in [0.05, 0.1) is 5.69 Å². The van der Waals surface area contributed by atoms with E-state index < -0.39 is 11.7 Å². The summed E-state index contributed by atoms with van der Waals surface area (Å²) in [6.07, 6.45) is 0. The number of para-hydroxylation sites is 1. The first-order valence-corrected chi connectivity index (χ1v) is 3.86. The number of amides is 1. The largest absolute Gasteiger partial charge is 0.409 e. The number of benzene rings is 1. The van der Waals surface area contributed by atoms with Gasteiger partial charge in [-0.1, -0.05) is 23.4 Å². The van der Waals surface area contributed by atoms with Gasteiger partial charge in [0.2, 0.25) is 0 Å². The molecule has 2 rings (SSSR count). The van der Waals surface area contributed by atoms with Crippen molar-refractivity contribution in [1.82, 2.24) is 5.17 Å². The number of anilines is 1. The number of hydrogen-bond acceptors (Lipinski definition) is 4. The van der Waals surface area contributed by atoms with E-state index in [1.165, 1.54) is 0 Å². The average molecular weight is 193 g/mol. The number of carbonyl (C=O) groups is 1. The third-order valence-electron chi connectivity index (χ3n) is 1.86. The van der Waals surface area contributed by atoms with Crippen LogP contribution in [0.2, 0.25) is 0 Å². The lowest BCUT2D eigenvalue weighted by Crippen LogP contribution is -2.65. The van der Waals surface area contributed by atoms with Crippen molar-refractivity contribution < 1.29 is 15.2 Å². The fourth-order valence-electron chi connectivity index (χ4n) is 1.19. The second-order valence-electron chi connectivity index (χ2n) is 2.67. The molecule has 1 aromatic rings. The smallest absolute Gasteiger partial charge is 0.322 e. The number of hydroxylamine groups is 1. The normalized spacial score (nSPS) is 18.6. The summed E-state index contributed by atoms with van der Waals surface area (Å²) < 4.78 is 0. The van der Waals surface area contributed by atoms with E-state index in [2.05, 4.69) is 5.16 Å². The summed E-state index contributed by atoms with van der Waals surface area (Å²) in [5, 5.41) is 21.7. The molecule has 72 valence electrons. The van der Waals surface area contributed by atoms with Crippen molar-refractivity contribution in [2.45, 2.75) is 0 Å². The fraction of sp³-hybridized carbons (Fsp3) is 0. The molecule has 0 aromatic heterocycles. The van der Waals surface area contributed by atoms with E-state index in [1.807, 2.05) is 0 Å². The van der Waals surface area contributed by atoms with E-state index in [1.54, 1.807) is 30.3 Å². The quantitative estimate of drug-likeness (QED) is 0.500. The number of hydrogen-bond donors (Lipinski definition) is 2. The highest BCUT2D eigenvalue weighted by Gasteiger charge is 2.43. The van der Waals surface area contributed by atoms with Crippen molar-refractivity contribution in [3.8, 4) is 0 Å². The third kappa shape index (κ3) is 1.01. The van der Waals surface area contributed by atoms with E-state index in [0.717, 1.165) is 5.01 Å². The maximum Gasteiger partial charge on any atom is 0.322 e. The molecule has 1 amide bonds. The van der Waals surface area contributed by atoms with Crippen LogP contribution in [0.15, 0.2) is 35.5 Å². The number of rotatable bonds is 1. The van der Waals surface area contributed by atoms with E-state index in [0.29, 0.717) is 10.9 Å². The highest BCUT2D eigenvalue weighted by molar-refractivity contribution is 6.48. The lowest BCUT2D eigenvalue weighted by Gasteiger charge is -2.38. The molecular formula is C8H7N3O3. The molecule has 0 spiro atoms. The molecule has 0 bridgehead atoms. The van der Waals surface area contributed by atoms with Crippen molar-refractivity contribution in [2.24, 2.45) is 5.16 Å². The van der Waals surface area contributed by atoms with E-state index in [-0.39, 0.29) is 0 Å². The minimum atomic E-state index is -0.554. The van der Waals surface area contributed by atoms with Gasteiger partial charge in [-0.05, 0) is 12.1 Å². The maximum absolute atomic E-state index is 11.2.